The lowest BCUT2D eigenvalue weighted by molar-refractivity contribution is -0.120. The molecule has 2 heterocycles. The van der Waals surface area contributed by atoms with Gasteiger partial charge < -0.3 is 9.84 Å². The van der Waals surface area contributed by atoms with Crippen LogP contribution in [0, 0.1) is 5.92 Å². The van der Waals surface area contributed by atoms with Gasteiger partial charge in [0.2, 0.25) is 5.91 Å². The zero-order valence-corrected chi connectivity index (χ0v) is 15.8. The molecule has 0 aromatic carbocycles. The molecule has 142 valence electrons. The molecule has 1 amide bonds. The summed E-state index contributed by atoms with van der Waals surface area (Å²) in [7, 11) is -3.43. The average Bonchev–Trinajstić information content (AvgIpc) is 3.34. The number of rotatable bonds is 7. The van der Waals surface area contributed by atoms with Crippen molar-refractivity contribution in [2.24, 2.45) is 5.92 Å². The average molecular weight is 380 g/mol. The lowest BCUT2D eigenvalue weighted by Crippen LogP contribution is -2.28. The maximum absolute atomic E-state index is 12.8. The molecule has 3 rings (SSSR count). The summed E-state index contributed by atoms with van der Waals surface area (Å²) in [5.41, 5.74) is 0. The Kier molecular flexibility index (Phi) is 5.45. The molecule has 1 saturated carbocycles. The number of sulfone groups is 1. The topological polar surface area (TPSA) is 107 Å². The van der Waals surface area contributed by atoms with Crippen molar-refractivity contribution >= 4 is 21.6 Å². The molecule has 1 aliphatic carbocycles. The molecule has 2 aromatic heterocycles. The van der Waals surface area contributed by atoms with Gasteiger partial charge >= 0.3 is 0 Å². The van der Waals surface area contributed by atoms with Crippen molar-refractivity contribution < 1.29 is 17.7 Å². The minimum Gasteiger partial charge on any atom is -0.363 e. The fourth-order valence-corrected chi connectivity index (χ4v) is 4.29. The van der Waals surface area contributed by atoms with Gasteiger partial charge in [-0.05, 0) is 26.2 Å². The monoisotopic (exact) mass is 380 g/mol. The smallest absolute Gasteiger partial charge is 0.250 e. The molecule has 1 atom stereocenters. The van der Waals surface area contributed by atoms with E-state index in [1.165, 1.54) is 23.3 Å². The molecule has 2 aromatic rings. The Hall–Kier alpha value is -2.16. The van der Waals surface area contributed by atoms with E-state index >= 15 is 0 Å². The van der Waals surface area contributed by atoms with E-state index in [4.69, 9.17) is 4.52 Å². The molecule has 0 radical (unpaired) electrons. The number of nitrogens with zero attached hydrogens (tertiary/aromatic N) is 3. The Labute approximate surface area is 152 Å². The van der Waals surface area contributed by atoms with Gasteiger partial charge in [0.05, 0.1) is 11.4 Å². The van der Waals surface area contributed by atoms with Gasteiger partial charge in [0.25, 0.3) is 0 Å². The van der Waals surface area contributed by atoms with Crippen LogP contribution in [-0.4, -0.2) is 34.5 Å². The van der Waals surface area contributed by atoms with Crippen molar-refractivity contribution in [2.75, 3.05) is 5.32 Å². The number of amides is 1. The molecule has 26 heavy (non-hydrogen) atoms. The van der Waals surface area contributed by atoms with E-state index in [2.05, 4.69) is 15.6 Å². The van der Waals surface area contributed by atoms with Gasteiger partial charge in [-0.1, -0.05) is 30.8 Å². The number of anilines is 1. The summed E-state index contributed by atoms with van der Waals surface area (Å²) in [5, 5.41) is 10.1. The molecular formula is C17H24N4O4S. The Morgan fingerprint density at radius 1 is 1.38 bits per heavy atom. The minimum atomic E-state index is -3.43. The first kappa shape index (κ1) is 18.6. The summed E-state index contributed by atoms with van der Waals surface area (Å²) >= 11 is 0. The lowest BCUT2D eigenvalue weighted by atomic mass is 9.98. The SMILES string of the molecule is CC(C)S(=O)(=O)c1cnn([C@@H](CC2CCCC2)C(=O)Nc2ccon2)c1. The van der Waals surface area contributed by atoms with Gasteiger partial charge in [0.1, 0.15) is 17.2 Å². The van der Waals surface area contributed by atoms with Crippen LogP contribution < -0.4 is 5.32 Å². The Balaban J connectivity index is 1.85. The van der Waals surface area contributed by atoms with Crippen LogP contribution in [0.4, 0.5) is 5.82 Å². The molecule has 1 aliphatic rings. The molecule has 8 nitrogen and oxygen atoms in total. The second-order valence-corrected chi connectivity index (χ2v) is 9.53. The summed E-state index contributed by atoms with van der Waals surface area (Å²) in [6.07, 6.45) is 9.24. The van der Waals surface area contributed by atoms with Crippen LogP contribution in [0.1, 0.15) is 52.0 Å². The molecule has 9 heteroatoms. The Morgan fingerprint density at radius 3 is 2.73 bits per heavy atom. The van der Waals surface area contributed by atoms with Crippen LogP contribution >= 0.6 is 0 Å². The van der Waals surface area contributed by atoms with Gasteiger partial charge in [-0.25, -0.2) is 8.42 Å². The van der Waals surface area contributed by atoms with Crippen molar-refractivity contribution in [1.82, 2.24) is 14.9 Å². The van der Waals surface area contributed by atoms with Crippen LogP contribution in [0.3, 0.4) is 0 Å². The highest BCUT2D eigenvalue weighted by molar-refractivity contribution is 7.92. The van der Waals surface area contributed by atoms with E-state index in [-0.39, 0.29) is 10.8 Å². The molecule has 0 unspecified atom stereocenters. The fraction of sp³-hybridized carbons (Fsp3) is 0.588. The number of carbonyl (C=O) groups is 1. The second-order valence-electron chi connectivity index (χ2n) is 7.03. The van der Waals surface area contributed by atoms with Gasteiger partial charge in [-0.15, -0.1) is 0 Å². The van der Waals surface area contributed by atoms with Crippen LogP contribution in [0.2, 0.25) is 0 Å². The molecular weight excluding hydrogens is 356 g/mol. The van der Waals surface area contributed by atoms with Gasteiger partial charge in [-0.2, -0.15) is 5.10 Å². The molecule has 0 spiro atoms. The van der Waals surface area contributed by atoms with Crippen LogP contribution in [0.5, 0.6) is 0 Å². The van der Waals surface area contributed by atoms with E-state index in [0.29, 0.717) is 18.2 Å². The van der Waals surface area contributed by atoms with Crippen molar-refractivity contribution in [1.29, 1.82) is 0 Å². The molecule has 0 saturated heterocycles. The zero-order chi connectivity index (χ0) is 18.7. The van der Waals surface area contributed by atoms with Crippen LogP contribution in [0.15, 0.2) is 34.1 Å². The summed E-state index contributed by atoms with van der Waals surface area (Å²) in [6.45, 7) is 3.25. The highest BCUT2D eigenvalue weighted by atomic mass is 32.2. The van der Waals surface area contributed by atoms with E-state index in [1.807, 2.05) is 0 Å². The van der Waals surface area contributed by atoms with Gasteiger partial charge in [-0.3, -0.25) is 9.48 Å². The highest BCUT2D eigenvalue weighted by Gasteiger charge is 2.29. The van der Waals surface area contributed by atoms with Crippen LogP contribution in [-0.2, 0) is 14.6 Å². The lowest BCUT2D eigenvalue weighted by Gasteiger charge is -2.20. The van der Waals surface area contributed by atoms with E-state index in [0.717, 1.165) is 25.7 Å². The maximum Gasteiger partial charge on any atom is 0.250 e. The first-order chi connectivity index (χ1) is 12.4. The predicted molar refractivity (Wildman–Crippen MR) is 95.3 cm³/mol. The first-order valence-electron chi connectivity index (χ1n) is 8.87. The summed E-state index contributed by atoms with van der Waals surface area (Å²) in [4.78, 5) is 12.9. The van der Waals surface area contributed by atoms with Crippen molar-refractivity contribution in [3.63, 3.8) is 0 Å². The standard InChI is InChI=1S/C17H24N4O4S/c1-12(2)26(23,24)14-10-18-21(11-14)15(9-13-5-3-4-6-13)17(22)19-16-7-8-25-20-16/h7-8,10-13,15H,3-6,9H2,1-2H3,(H,19,20,22)/t15-/m0/s1. The molecule has 1 N–H and O–H groups in total. The maximum atomic E-state index is 12.8. The summed E-state index contributed by atoms with van der Waals surface area (Å²) in [6, 6.07) is 0.966. The van der Waals surface area contributed by atoms with E-state index in [1.54, 1.807) is 19.9 Å². The normalized spacial score (nSPS) is 16.9. The van der Waals surface area contributed by atoms with Crippen molar-refractivity contribution in [2.45, 2.75) is 62.1 Å². The summed E-state index contributed by atoms with van der Waals surface area (Å²) < 4.78 is 30.9. The number of carbonyl (C=O) groups excluding carboxylic acids is 1. The predicted octanol–water partition coefficient (Wildman–Crippen LogP) is 2.81. The third-order valence-electron chi connectivity index (χ3n) is 4.87. The van der Waals surface area contributed by atoms with Crippen LogP contribution in [0.25, 0.3) is 0 Å². The van der Waals surface area contributed by atoms with Gasteiger partial charge in [0, 0.05) is 12.3 Å². The van der Waals surface area contributed by atoms with Crippen molar-refractivity contribution in [3.8, 4) is 0 Å². The molecule has 1 fully saturated rings. The quantitative estimate of drug-likeness (QED) is 0.791. The highest BCUT2D eigenvalue weighted by Crippen LogP contribution is 2.32. The molecule has 0 aliphatic heterocycles. The number of nitrogens with one attached hydrogen (secondary N) is 1. The minimum absolute atomic E-state index is 0.137. The van der Waals surface area contributed by atoms with E-state index in [9.17, 15) is 13.2 Å². The Morgan fingerprint density at radius 2 is 2.12 bits per heavy atom. The van der Waals surface area contributed by atoms with Gasteiger partial charge in [0.15, 0.2) is 15.7 Å². The third-order valence-corrected chi connectivity index (χ3v) is 6.98. The fourth-order valence-electron chi connectivity index (χ4n) is 3.29. The summed E-state index contributed by atoms with van der Waals surface area (Å²) in [5.74, 6) is 0.480. The zero-order valence-electron chi connectivity index (χ0n) is 15.0. The second kappa shape index (κ2) is 7.61. The largest absolute Gasteiger partial charge is 0.363 e. The number of aromatic nitrogens is 3. The first-order valence-corrected chi connectivity index (χ1v) is 10.4. The number of hydrogen-bond donors (Lipinski definition) is 1. The molecule has 0 bridgehead atoms. The van der Waals surface area contributed by atoms with E-state index < -0.39 is 21.1 Å². The Bertz CT molecular complexity index is 836. The van der Waals surface area contributed by atoms with Crippen molar-refractivity contribution in [3.05, 3.63) is 24.7 Å². The third kappa shape index (κ3) is 3.98. The number of hydrogen-bond acceptors (Lipinski definition) is 6.